The molecule has 2 heterocycles. The number of aryl methyl sites for hydroxylation is 1. The van der Waals surface area contributed by atoms with Gasteiger partial charge in [-0.3, -0.25) is 14.5 Å². The van der Waals surface area contributed by atoms with Crippen LogP contribution in [0.25, 0.3) is 5.69 Å². The molecule has 0 spiro atoms. The summed E-state index contributed by atoms with van der Waals surface area (Å²) < 4.78 is 15.9. The molecule has 6 heteroatoms. The summed E-state index contributed by atoms with van der Waals surface area (Å²) in [6, 6.07) is 27.5. The average Bonchev–Trinajstić information content (AvgIpc) is 3.44. The molecule has 5 nitrogen and oxygen atoms in total. The zero-order chi connectivity index (χ0) is 26.5. The second-order valence-electron chi connectivity index (χ2n) is 9.66. The van der Waals surface area contributed by atoms with E-state index in [0.717, 1.165) is 41.0 Å². The van der Waals surface area contributed by atoms with Crippen LogP contribution in [0.1, 0.15) is 49.0 Å². The van der Waals surface area contributed by atoms with Gasteiger partial charge < -0.3 is 9.47 Å². The number of hydrogen-bond acceptors (Lipinski definition) is 2. The van der Waals surface area contributed by atoms with E-state index in [2.05, 4.69) is 11.5 Å². The standard InChI is InChI=1S/C32H32FN3O2/c1-2-3-21-34(30(37)20-15-24-10-5-4-6-11-24)23-31(38)36-28-13-8-7-12-27(28)35-22-9-14-29(35)32(36)25-16-18-26(33)19-17-25/h4-14,16-19,22,32H,2-3,15,20-21,23H2,1H3. The molecule has 0 fully saturated rings. The number of fused-ring (bicyclic) bond motifs is 3. The highest BCUT2D eigenvalue weighted by Gasteiger charge is 2.36. The predicted octanol–water partition coefficient (Wildman–Crippen LogP) is 6.31. The first-order chi connectivity index (χ1) is 18.6. The number of carbonyl (C=O) groups is 2. The Morgan fingerprint density at radius 3 is 2.32 bits per heavy atom. The third-order valence-electron chi connectivity index (χ3n) is 7.10. The van der Waals surface area contributed by atoms with Crippen LogP contribution in [0.2, 0.25) is 0 Å². The lowest BCUT2D eigenvalue weighted by atomic mass is 9.97. The molecule has 0 radical (unpaired) electrons. The molecule has 1 aliphatic rings. The minimum absolute atomic E-state index is 0.0135. The molecule has 0 aliphatic carbocycles. The van der Waals surface area contributed by atoms with Gasteiger partial charge in [-0.15, -0.1) is 0 Å². The number of halogens is 1. The molecule has 5 rings (SSSR count). The van der Waals surface area contributed by atoms with Gasteiger partial charge in [-0.1, -0.05) is 67.9 Å². The maximum Gasteiger partial charge on any atom is 0.247 e. The van der Waals surface area contributed by atoms with Gasteiger partial charge in [0.15, 0.2) is 0 Å². The summed E-state index contributed by atoms with van der Waals surface area (Å²) in [6.45, 7) is 2.59. The van der Waals surface area contributed by atoms with Crippen molar-refractivity contribution in [2.45, 2.75) is 38.6 Å². The molecule has 2 amide bonds. The second-order valence-corrected chi connectivity index (χ2v) is 9.66. The van der Waals surface area contributed by atoms with E-state index < -0.39 is 6.04 Å². The summed E-state index contributed by atoms with van der Waals surface area (Å²) in [5.41, 5.74) is 4.49. The van der Waals surface area contributed by atoms with E-state index in [0.29, 0.717) is 19.4 Å². The van der Waals surface area contributed by atoms with E-state index in [1.54, 1.807) is 21.9 Å². The summed E-state index contributed by atoms with van der Waals surface area (Å²) in [7, 11) is 0. The number of hydrogen-bond donors (Lipinski definition) is 0. The van der Waals surface area contributed by atoms with Crippen molar-refractivity contribution >= 4 is 17.5 Å². The lowest BCUT2D eigenvalue weighted by molar-refractivity contribution is -0.135. The van der Waals surface area contributed by atoms with Gasteiger partial charge in [0.2, 0.25) is 11.8 Å². The quantitative estimate of drug-likeness (QED) is 0.265. The van der Waals surface area contributed by atoms with Crippen molar-refractivity contribution in [2.24, 2.45) is 0 Å². The monoisotopic (exact) mass is 509 g/mol. The summed E-state index contributed by atoms with van der Waals surface area (Å²) in [4.78, 5) is 31.0. The molecular weight excluding hydrogens is 477 g/mol. The second kappa shape index (κ2) is 11.5. The van der Waals surface area contributed by atoms with E-state index in [-0.39, 0.29) is 24.2 Å². The normalized spacial score (nSPS) is 14.1. The zero-order valence-corrected chi connectivity index (χ0v) is 21.6. The molecule has 1 atom stereocenters. The highest BCUT2D eigenvalue weighted by Crippen LogP contribution is 2.42. The number of amides is 2. The van der Waals surface area contributed by atoms with E-state index in [4.69, 9.17) is 0 Å². The summed E-state index contributed by atoms with van der Waals surface area (Å²) in [5.74, 6) is -0.515. The maximum absolute atomic E-state index is 14.1. The molecule has 3 aromatic carbocycles. The Balaban J connectivity index is 1.46. The first-order valence-electron chi connectivity index (χ1n) is 13.2. The van der Waals surface area contributed by atoms with Crippen LogP contribution in [0, 0.1) is 5.82 Å². The molecule has 4 aromatic rings. The van der Waals surface area contributed by atoms with Crippen molar-refractivity contribution in [3.8, 4) is 5.69 Å². The lowest BCUT2D eigenvalue weighted by Crippen LogP contribution is -2.47. The van der Waals surface area contributed by atoms with Crippen LogP contribution in [-0.4, -0.2) is 34.4 Å². The number of rotatable bonds is 9. The Bertz CT molecular complexity index is 1400. The van der Waals surface area contributed by atoms with Crippen molar-refractivity contribution in [3.05, 3.63) is 120 Å². The minimum Gasteiger partial charge on any atom is -0.333 e. The van der Waals surface area contributed by atoms with Crippen molar-refractivity contribution in [2.75, 3.05) is 18.0 Å². The molecule has 194 valence electrons. The minimum atomic E-state index is -0.444. The van der Waals surface area contributed by atoms with Gasteiger partial charge in [-0.2, -0.15) is 0 Å². The maximum atomic E-state index is 14.1. The molecule has 38 heavy (non-hydrogen) atoms. The Kier molecular flexibility index (Phi) is 7.68. The van der Waals surface area contributed by atoms with Crippen molar-refractivity contribution in [1.29, 1.82) is 0 Å². The highest BCUT2D eigenvalue weighted by atomic mass is 19.1. The van der Waals surface area contributed by atoms with Crippen LogP contribution in [0.3, 0.4) is 0 Å². The highest BCUT2D eigenvalue weighted by molar-refractivity contribution is 6.00. The molecule has 0 saturated carbocycles. The third kappa shape index (κ3) is 5.25. The summed E-state index contributed by atoms with van der Waals surface area (Å²) in [5, 5.41) is 0. The Morgan fingerprint density at radius 2 is 1.58 bits per heavy atom. The van der Waals surface area contributed by atoms with Gasteiger partial charge in [0.1, 0.15) is 18.4 Å². The fraction of sp³-hybridized carbons (Fsp3) is 0.250. The summed E-state index contributed by atoms with van der Waals surface area (Å²) >= 11 is 0. The molecule has 1 aromatic heterocycles. The molecule has 1 aliphatic heterocycles. The first kappa shape index (κ1) is 25.5. The van der Waals surface area contributed by atoms with E-state index in [9.17, 15) is 14.0 Å². The van der Waals surface area contributed by atoms with Crippen LogP contribution < -0.4 is 4.90 Å². The van der Waals surface area contributed by atoms with Crippen molar-refractivity contribution in [3.63, 3.8) is 0 Å². The van der Waals surface area contributed by atoms with Gasteiger partial charge in [0.25, 0.3) is 0 Å². The Morgan fingerprint density at radius 1 is 0.868 bits per heavy atom. The van der Waals surface area contributed by atoms with E-state index in [1.807, 2.05) is 72.9 Å². The molecular formula is C32H32FN3O2. The Labute approximate surface area is 223 Å². The van der Waals surface area contributed by atoms with Crippen molar-refractivity contribution in [1.82, 2.24) is 9.47 Å². The number of benzene rings is 3. The number of anilines is 1. The smallest absolute Gasteiger partial charge is 0.247 e. The number of aromatic nitrogens is 1. The van der Waals surface area contributed by atoms with Crippen LogP contribution in [0.5, 0.6) is 0 Å². The van der Waals surface area contributed by atoms with E-state index in [1.165, 1.54) is 12.1 Å². The van der Waals surface area contributed by atoms with Gasteiger partial charge in [0, 0.05) is 19.2 Å². The van der Waals surface area contributed by atoms with Crippen LogP contribution in [-0.2, 0) is 16.0 Å². The number of unbranched alkanes of at least 4 members (excludes halogenated alkanes) is 1. The largest absolute Gasteiger partial charge is 0.333 e. The van der Waals surface area contributed by atoms with Crippen molar-refractivity contribution < 1.29 is 14.0 Å². The van der Waals surface area contributed by atoms with Crippen LogP contribution in [0.4, 0.5) is 10.1 Å². The fourth-order valence-electron chi connectivity index (χ4n) is 5.16. The average molecular weight is 510 g/mol. The zero-order valence-electron chi connectivity index (χ0n) is 21.6. The SMILES string of the molecule is CCCCN(CC(=O)N1c2ccccc2-n2cccc2C1c1ccc(F)cc1)C(=O)CCc1ccccc1. The van der Waals surface area contributed by atoms with Gasteiger partial charge >= 0.3 is 0 Å². The third-order valence-corrected chi connectivity index (χ3v) is 7.10. The van der Waals surface area contributed by atoms with Crippen LogP contribution >= 0.6 is 0 Å². The fourth-order valence-corrected chi connectivity index (χ4v) is 5.16. The summed E-state index contributed by atoms with van der Waals surface area (Å²) in [6.07, 6.45) is 4.71. The lowest BCUT2D eigenvalue weighted by Gasteiger charge is -2.39. The molecule has 0 N–H and O–H groups in total. The Hall–Kier alpha value is -4.19. The molecule has 0 saturated heterocycles. The van der Waals surface area contributed by atoms with Crippen LogP contribution in [0.15, 0.2) is 97.2 Å². The number of carbonyl (C=O) groups excluding carboxylic acids is 2. The predicted molar refractivity (Wildman–Crippen MR) is 148 cm³/mol. The topological polar surface area (TPSA) is 45.6 Å². The number of para-hydroxylation sites is 2. The van der Waals surface area contributed by atoms with Gasteiger partial charge in [0.05, 0.1) is 17.1 Å². The first-order valence-corrected chi connectivity index (χ1v) is 13.2. The van der Waals surface area contributed by atoms with Gasteiger partial charge in [-0.25, -0.2) is 4.39 Å². The number of nitrogens with zero attached hydrogens (tertiary/aromatic N) is 3. The molecule has 1 unspecified atom stereocenters. The molecule has 0 bridgehead atoms. The van der Waals surface area contributed by atoms with E-state index >= 15 is 0 Å². The van der Waals surface area contributed by atoms with Gasteiger partial charge in [-0.05, 0) is 60.4 Å².